The third kappa shape index (κ3) is 3.59. The Balaban J connectivity index is 0.00000200. The van der Waals surface area contributed by atoms with Crippen LogP contribution in [0.25, 0.3) is 0 Å². The predicted octanol–water partition coefficient (Wildman–Crippen LogP) is 2.99. The van der Waals surface area contributed by atoms with Crippen molar-refractivity contribution < 1.29 is 13.6 Å². The van der Waals surface area contributed by atoms with Crippen molar-refractivity contribution >= 4 is 40.9 Å². The number of halogens is 4. The summed E-state index contributed by atoms with van der Waals surface area (Å²) in [5.41, 5.74) is 5.49. The lowest BCUT2D eigenvalue weighted by Crippen LogP contribution is -2.51. The van der Waals surface area contributed by atoms with Gasteiger partial charge in [0.05, 0.1) is 11.1 Å². The van der Waals surface area contributed by atoms with Crippen LogP contribution in [0.1, 0.15) is 36.0 Å². The largest absolute Gasteiger partial charge is 0.345 e. The van der Waals surface area contributed by atoms with Gasteiger partial charge in [0, 0.05) is 10.1 Å². The van der Waals surface area contributed by atoms with Crippen molar-refractivity contribution in [3.05, 3.63) is 32.9 Å². The standard InChI is InChI=1S/C13H15F2IN2O.ClH/c14-9-5-8(11(16)6-10(9)15)12(19)18-13(7-17)3-1-2-4-13;/h5-6H,1-4,7,17H2,(H,18,19);1H. The van der Waals surface area contributed by atoms with Crippen LogP contribution in [0.4, 0.5) is 8.78 Å². The lowest BCUT2D eigenvalue weighted by atomic mass is 9.97. The second kappa shape index (κ2) is 7.00. The second-order valence-electron chi connectivity index (χ2n) is 4.89. The number of carbonyl (C=O) groups excluding carboxylic acids is 1. The Morgan fingerprint density at radius 1 is 1.30 bits per heavy atom. The van der Waals surface area contributed by atoms with Gasteiger partial charge in [0.2, 0.25) is 0 Å². The molecule has 0 radical (unpaired) electrons. The summed E-state index contributed by atoms with van der Waals surface area (Å²) in [7, 11) is 0. The smallest absolute Gasteiger partial charge is 0.252 e. The number of amides is 1. The summed E-state index contributed by atoms with van der Waals surface area (Å²) < 4.78 is 26.7. The Kier molecular flexibility index (Phi) is 6.15. The molecule has 112 valence electrons. The van der Waals surface area contributed by atoms with E-state index in [1.165, 1.54) is 0 Å². The Morgan fingerprint density at radius 2 is 1.85 bits per heavy atom. The van der Waals surface area contributed by atoms with Crippen LogP contribution >= 0.6 is 35.0 Å². The minimum absolute atomic E-state index is 0. The molecule has 0 spiro atoms. The monoisotopic (exact) mass is 416 g/mol. The van der Waals surface area contributed by atoms with Gasteiger partial charge in [-0.25, -0.2) is 8.78 Å². The van der Waals surface area contributed by atoms with Gasteiger partial charge in [-0.3, -0.25) is 4.79 Å². The van der Waals surface area contributed by atoms with Gasteiger partial charge in [-0.2, -0.15) is 0 Å². The molecule has 1 aromatic rings. The molecular formula is C13H16ClF2IN2O. The topological polar surface area (TPSA) is 55.1 Å². The third-order valence-electron chi connectivity index (χ3n) is 3.58. The van der Waals surface area contributed by atoms with E-state index in [-0.39, 0.29) is 18.0 Å². The second-order valence-corrected chi connectivity index (χ2v) is 6.05. The molecular weight excluding hydrogens is 401 g/mol. The predicted molar refractivity (Wildman–Crippen MR) is 84.0 cm³/mol. The quantitative estimate of drug-likeness (QED) is 0.588. The molecule has 20 heavy (non-hydrogen) atoms. The van der Waals surface area contributed by atoms with E-state index >= 15 is 0 Å². The van der Waals surface area contributed by atoms with Crippen LogP contribution in [0, 0.1) is 15.2 Å². The number of hydrogen-bond acceptors (Lipinski definition) is 2. The Bertz CT molecular complexity index is 507. The molecule has 1 amide bonds. The Labute approximate surface area is 136 Å². The van der Waals surface area contributed by atoms with E-state index in [2.05, 4.69) is 5.32 Å². The zero-order chi connectivity index (χ0) is 14.0. The molecule has 2 rings (SSSR count). The molecule has 3 N–H and O–H groups in total. The summed E-state index contributed by atoms with van der Waals surface area (Å²) in [5.74, 6) is -2.36. The van der Waals surface area contributed by atoms with Gasteiger partial charge in [0.25, 0.3) is 5.91 Å². The van der Waals surface area contributed by atoms with Gasteiger partial charge in [-0.05, 0) is 47.6 Å². The van der Waals surface area contributed by atoms with Crippen molar-refractivity contribution in [1.82, 2.24) is 5.32 Å². The molecule has 0 aliphatic heterocycles. The van der Waals surface area contributed by atoms with E-state index in [4.69, 9.17) is 5.73 Å². The van der Waals surface area contributed by atoms with Crippen LogP contribution in [-0.2, 0) is 0 Å². The molecule has 0 saturated heterocycles. The van der Waals surface area contributed by atoms with E-state index in [1.54, 1.807) is 0 Å². The first kappa shape index (κ1) is 17.6. The Hall–Kier alpha value is -0.470. The normalized spacial score (nSPS) is 16.6. The maximum Gasteiger partial charge on any atom is 0.252 e. The van der Waals surface area contributed by atoms with Crippen molar-refractivity contribution in [2.75, 3.05) is 6.54 Å². The SMILES string of the molecule is Cl.NCC1(NC(=O)c2cc(F)c(F)cc2I)CCCC1. The highest BCUT2D eigenvalue weighted by molar-refractivity contribution is 14.1. The minimum Gasteiger partial charge on any atom is -0.345 e. The Morgan fingerprint density at radius 3 is 2.40 bits per heavy atom. The first-order valence-corrected chi connectivity index (χ1v) is 7.22. The zero-order valence-electron chi connectivity index (χ0n) is 10.7. The lowest BCUT2D eigenvalue weighted by Gasteiger charge is -2.28. The van der Waals surface area contributed by atoms with E-state index < -0.39 is 23.1 Å². The van der Waals surface area contributed by atoms with Crippen LogP contribution in [0.3, 0.4) is 0 Å². The summed E-state index contributed by atoms with van der Waals surface area (Å²) in [6, 6.07) is 1.96. The summed E-state index contributed by atoms with van der Waals surface area (Å²) in [6.45, 7) is 0.360. The highest BCUT2D eigenvalue weighted by Gasteiger charge is 2.34. The van der Waals surface area contributed by atoms with E-state index in [0.29, 0.717) is 10.1 Å². The van der Waals surface area contributed by atoms with Gasteiger partial charge >= 0.3 is 0 Å². The number of hydrogen-bond donors (Lipinski definition) is 2. The zero-order valence-corrected chi connectivity index (χ0v) is 13.7. The fourth-order valence-electron chi connectivity index (χ4n) is 2.44. The maximum absolute atomic E-state index is 13.2. The van der Waals surface area contributed by atoms with E-state index in [1.807, 2.05) is 22.6 Å². The molecule has 7 heteroatoms. The molecule has 0 atom stereocenters. The van der Waals surface area contributed by atoms with Gasteiger partial charge in [-0.1, -0.05) is 12.8 Å². The average molecular weight is 417 g/mol. The number of carbonyl (C=O) groups is 1. The molecule has 1 aliphatic carbocycles. The molecule has 3 nitrogen and oxygen atoms in total. The molecule has 0 heterocycles. The fourth-order valence-corrected chi connectivity index (χ4v) is 3.11. The third-order valence-corrected chi connectivity index (χ3v) is 4.48. The molecule has 1 aliphatic rings. The first-order chi connectivity index (χ1) is 8.97. The van der Waals surface area contributed by atoms with Gasteiger partial charge in [-0.15, -0.1) is 12.4 Å². The highest BCUT2D eigenvalue weighted by atomic mass is 127. The highest BCUT2D eigenvalue weighted by Crippen LogP contribution is 2.29. The van der Waals surface area contributed by atoms with E-state index in [0.717, 1.165) is 37.8 Å². The minimum atomic E-state index is -1.02. The molecule has 0 unspecified atom stereocenters. The average Bonchev–Trinajstić information content (AvgIpc) is 2.83. The molecule has 0 aromatic heterocycles. The van der Waals surface area contributed by atoms with Gasteiger partial charge in [0.1, 0.15) is 0 Å². The number of rotatable bonds is 3. The van der Waals surface area contributed by atoms with Crippen LogP contribution in [0.2, 0.25) is 0 Å². The van der Waals surface area contributed by atoms with Crippen molar-refractivity contribution in [2.24, 2.45) is 5.73 Å². The summed E-state index contributed by atoms with van der Waals surface area (Å²) >= 11 is 1.82. The van der Waals surface area contributed by atoms with Crippen LogP contribution in [0.15, 0.2) is 12.1 Å². The summed E-state index contributed by atoms with van der Waals surface area (Å²) in [5, 5.41) is 2.89. The van der Waals surface area contributed by atoms with Crippen molar-refractivity contribution in [2.45, 2.75) is 31.2 Å². The molecule has 0 bridgehead atoms. The number of nitrogens with one attached hydrogen (secondary N) is 1. The molecule has 1 saturated carbocycles. The van der Waals surface area contributed by atoms with Crippen LogP contribution in [-0.4, -0.2) is 18.0 Å². The van der Waals surface area contributed by atoms with Gasteiger partial charge < -0.3 is 11.1 Å². The first-order valence-electron chi connectivity index (χ1n) is 6.14. The van der Waals surface area contributed by atoms with Crippen molar-refractivity contribution in [3.8, 4) is 0 Å². The van der Waals surface area contributed by atoms with Crippen LogP contribution in [0.5, 0.6) is 0 Å². The molecule has 1 fully saturated rings. The lowest BCUT2D eigenvalue weighted by molar-refractivity contribution is 0.0901. The van der Waals surface area contributed by atoms with E-state index in [9.17, 15) is 13.6 Å². The number of nitrogens with two attached hydrogens (primary N) is 1. The van der Waals surface area contributed by atoms with Crippen LogP contribution < -0.4 is 11.1 Å². The van der Waals surface area contributed by atoms with Gasteiger partial charge in [0.15, 0.2) is 11.6 Å². The fraction of sp³-hybridized carbons (Fsp3) is 0.462. The summed E-state index contributed by atoms with van der Waals surface area (Å²) in [6.07, 6.45) is 3.70. The molecule has 1 aromatic carbocycles. The summed E-state index contributed by atoms with van der Waals surface area (Å²) in [4.78, 5) is 12.2. The number of benzene rings is 1. The van der Waals surface area contributed by atoms with Crippen molar-refractivity contribution in [1.29, 1.82) is 0 Å². The maximum atomic E-state index is 13.2. The van der Waals surface area contributed by atoms with Crippen molar-refractivity contribution in [3.63, 3.8) is 0 Å².